The first kappa shape index (κ1) is 29.5. The van der Waals surface area contributed by atoms with E-state index < -0.39 is 66.0 Å². The van der Waals surface area contributed by atoms with Gasteiger partial charge in [0.15, 0.2) is 18.0 Å². The summed E-state index contributed by atoms with van der Waals surface area (Å²) in [5.41, 5.74) is 1.00. The molecular weight excluding hydrogens is 482 g/mol. The molecule has 0 saturated carbocycles. The van der Waals surface area contributed by atoms with E-state index in [1.54, 1.807) is 45.2 Å². The monoisotopic (exact) mass is 517 g/mol. The first-order valence-corrected chi connectivity index (χ1v) is 12.1. The van der Waals surface area contributed by atoms with Gasteiger partial charge in [-0.15, -0.1) is 0 Å². The Kier molecular flexibility index (Phi) is 10.4. The summed E-state index contributed by atoms with van der Waals surface area (Å²) < 4.78 is 21.4. The molecule has 1 aliphatic heterocycles. The maximum absolute atomic E-state index is 13.0. The molecule has 10 heteroatoms. The van der Waals surface area contributed by atoms with Crippen LogP contribution in [0.25, 0.3) is 0 Å². The fraction of sp³-hybridized carbons (Fsp3) is 0.519. The van der Waals surface area contributed by atoms with E-state index >= 15 is 0 Å². The Morgan fingerprint density at radius 3 is 1.95 bits per heavy atom. The molecule has 0 amide bonds. The SMILES string of the molecule is C=C1[C@H](C)OC(=O)[C@H](C)OC(=O)[C@H](C)CC(=O)[C@H](C)OC(=O)[C@H](Cc2ccccc2)OC(=O)[C@H](C)N1C. The Labute approximate surface area is 216 Å². The average Bonchev–Trinajstić information content (AvgIpc) is 2.86. The Morgan fingerprint density at radius 1 is 0.757 bits per heavy atom. The normalized spacial score (nSPS) is 29.4. The lowest BCUT2D eigenvalue weighted by Gasteiger charge is -2.31. The van der Waals surface area contributed by atoms with Gasteiger partial charge in [-0.3, -0.25) is 9.59 Å². The molecule has 0 N–H and O–H groups in total. The fourth-order valence-electron chi connectivity index (χ4n) is 3.48. The summed E-state index contributed by atoms with van der Waals surface area (Å²) in [4.78, 5) is 65.0. The quantitative estimate of drug-likeness (QED) is 0.426. The van der Waals surface area contributed by atoms with Crippen molar-refractivity contribution >= 4 is 29.7 Å². The van der Waals surface area contributed by atoms with Crippen LogP contribution >= 0.6 is 0 Å². The number of ether oxygens (including phenoxy) is 4. The van der Waals surface area contributed by atoms with Crippen molar-refractivity contribution < 1.29 is 42.9 Å². The molecule has 1 aromatic carbocycles. The Bertz CT molecular complexity index is 1020. The van der Waals surface area contributed by atoms with Crippen LogP contribution in [-0.2, 0) is 49.3 Å². The number of carbonyl (C=O) groups excluding carboxylic acids is 5. The molecular formula is C27H35NO9. The second-order valence-corrected chi connectivity index (χ2v) is 9.20. The van der Waals surface area contributed by atoms with Gasteiger partial charge in [0.1, 0.15) is 12.1 Å². The lowest BCUT2D eigenvalue weighted by molar-refractivity contribution is -0.176. The summed E-state index contributed by atoms with van der Waals surface area (Å²) >= 11 is 0. The van der Waals surface area contributed by atoms with Gasteiger partial charge in [0.25, 0.3) is 0 Å². The first-order chi connectivity index (χ1) is 17.3. The zero-order valence-electron chi connectivity index (χ0n) is 22.1. The van der Waals surface area contributed by atoms with Crippen LogP contribution in [0.3, 0.4) is 0 Å². The van der Waals surface area contributed by atoms with Crippen molar-refractivity contribution in [2.24, 2.45) is 5.92 Å². The number of rotatable bonds is 2. The number of nitrogens with zero attached hydrogens (tertiary/aromatic N) is 1. The molecule has 0 radical (unpaired) electrons. The highest BCUT2D eigenvalue weighted by Gasteiger charge is 2.34. The number of benzene rings is 1. The molecule has 202 valence electrons. The van der Waals surface area contributed by atoms with Crippen molar-refractivity contribution in [2.75, 3.05) is 7.05 Å². The molecule has 10 nitrogen and oxygen atoms in total. The predicted octanol–water partition coefficient (Wildman–Crippen LogP) is 2.38. The predicted molar refractivity (Wildman–Crippen MR) is 132 cm³/mol. The minimum atomic E-state index is -1.33. The van der Waals surface area contributed by atoms with Crippen molar-refractivity contribution in [3.63, 3.8) is 0 Å². The molecule has 0 aliphatic carbocycles. The molecule has 0 bridgehead atoms. The maximum Gasteiger partial charge on any atom is 0.348 e. The van der Waals surface area contributed by atoms with E-state index in [1.807, 2.05) is 6.07 Å². The number of hydrogen-bond donors (Lipinski definition) is 0. The molecule has 0 aromatic heterocycles. The van der Waals surface area contributed by atoms with E-state index in [9.17, 15) is 24.0 Å². The lowest BCUT2D eigenvalue weighted by Crippen LogP contribution is -2.44. The average molecular weight is 518 g/mol. The zero-order valence-corrected chi connectivity index (χ0v) is 22.1. The van der Waals surface area contributed by atoms with Gasteiger partial charge in [-0.1, -0.05) is 43.8 Å². The van der Waals surface area contributed by atoms with E-state index in [0.717, 1.165) is 5.56 Å². The summed E-state index contributed by atoms with van der Waals surface area (Å²) in [5, 5.41) is 0. The largest absolute Gasteiger partial charge is 0.454 e. The van der Waals surface area contributed by atoms with Crippen LogP contribution in [0.5, 0.6) is 0 Å². The van der Waals surface area contributed by atoms with Crippen LogP contribution < -0.4 is 0 Å². The van der Waals surface area contributed by atoms with Crippen LogP contribution in [0.15, 0.2) is 42.6 Å². The molecule has 0 unspecified atom stereocenters. The van der Waals surface area contributed by atoms with Crippen LogP contribution in [0.2, 0.25) is 0 Å². The highest BCUT2D eigenvalue weighted by atomic mass is 16.6. The minimum absolute atomic E-state index is 0.0261. The highest BCUT2D eigenvalue weighted by molar-refractivity contribution is 5.90. The molecule has 6 atom stereocenters. The topological polar surface area (TPSA) is 126 Å². The van der Waals surface area contributed by atoms with Gasteiger partial charge in [-0.25, -0.2) is 14.4 Å². The number of esters is 4. The number of likely N-dealkylation sites (N-methyl/N-ethyl adjacent to an activating group) is 1. The summed E-state index contributed by atoms with van der Waals surface area (Å²) in [6, 6.07) is 7.99. The summed E-state index contributed by atoms with van der Waals surface area (Å²) in [6.07, 6.45) is -4.89. The molecule has 1 aliphatic rings. The van der Waals surface area contributed by atoms with Gasteiger partial charge in [0.05, 0.1) is 5.92 Å². The maximum atomic E-state index is 13.0. The third-order valence-electron chi connectivity index (χ3n) is 6.20. The van der Waals surface area contributed by atoms with Gasteiger partial charge >= 0.3 is 23.9 Å². The van der Waals surface area contributed by atoms with E-state index in [0.29, 0.717) is 0 Å². The second kappa shape index (κ2) is 13.0. The summed E-state index contributed by atoms with van der Waals surface area (Å²) in [6.45, 7) is 11.2. The molecule has 0 spiro atoms. The van der Waals surface area contributed by atoms with Crippen molar-refractivity contribution in [3.05, 3.63) is 48.2 Å². The third kappa shape index (κ3) is 8.16. The number of carbonyl (C=O) groups is 5. The lowest BCUT2D eigenvalue weighted by atomic mass is 10.0. The smallest absolute Gasteiger partial charge is 0.348 e. The zero-order chi connectivity index (χ0) is 27.9. The fourth-order valence-corrected chi connectivity index (χ4v) is 3.48. The van der Waals surface area contributed by atoms with Crippen molar-refractivity contribution in [3.8, 4) is 0 Å². The second-order valence-electron chi connectivity index (χ2n) is 9.20. The van der Waals surface area contributed by atoms with Crippen LogP contribution in [0.1, 0.15) is 46.6 Å². The number of Topliss-reactive ketones (excluding diaryl/α,β-unsaturated/α-hetero) is 1. The first-order valence-electron chi connectivity index (χ1n) is 12.1. The van der Waals surface area contributed by atoms with Crippen LogP contribution in [0, 0.1) is 5.92 Å². The molecule has 37 heavy (non-hydrogen) atoms. The van der Waals surface area contributed by atoms with E-state index in [4.69, 9.17) is 18.9 Å². The van der Waals surface area contributed by atoms with Gasteiger partial charge in [-0.05, 0) is 33.3 Å². The third-order valence-corrected chi connectivity index (χ3v) is 6.20. The molecule has 1 aromatic rings. The summed E-state index contributed by atoms with van der Waals surface area (Å²) in [5.74, 6) is -4.65. The Balaban J connectivity index is 2.36. The van der Waals surface area contributed by atoms with Gasteiger partial charge in [-0.2, -0.15) is 0 Å². The molecule has 2 rings (SSSR count). The number of ketones is 1. The highest BCUT2D eigenvalue weighted by Crippen LogP contribution is 2.18. The number of hydrogen-bond acceptors (Lipinski definition) is 10. The van der Waals surface area contributed by atoms with Crippen molar-refractivity contribution in [1.29, 1.82) is 0 Å². The van der Waals surface area contributed by atoms with Crippen molar-refractivity contribution in [2.45, 2.75) is 77.9 Å². The van der Waals surface area contributed by atoms with Gasteiger partial charge in [0.2, 0.25) is 6.10 Å². The van der Waals surface area contributed by atoms with Gasteiger partial charge in [0, 0.05) is 25.6 Å². The summed E-state index contributed by atoms with van der Waals surface area (Å²) in [7, 11) is 1.56. The van der Waals surface area contributed by atoms with Crippen LogP contribution in [0.4, 0.5) is 0 Å². The Morgan fingerprint density at radius 2 is 1.32 bits per heavy atom. The minimum Gasteiger partial charge on any atom is -0.454 e. The standard InChI is InChI=1S/C27H35NO9/c1-15-13-22(29)19(5)35-27(33)23(14-21-11-9-8-10-12-21)37-25(31)17(3)28(7)16(2)18(4)34-26(32)20(6)36-24(15)30/h8-12,15,17-20,23H,2,13-14H2,1,3-7H3/t15-,17+,18+,19+,20+,23+/m1/s1. The Hall–Kier alpha value is -3.69. The van der Waals surface area contributed by atoms with E-state index in [-0.39, 0.29) is 18.5 Å². The molecule has 1 saturated heterocycles. The van der Waals surface area contributed by atoms with Crippen molar-refractivity contribution in [1.82, 2.24) is 4.90 Å². The molecule has 1 heterocycles. The number of cyclic esters (lactones) is 4. The van der Waals surface area contributed by atoms with E-state index in [2.05, 4.69) is 6.58 Å². The van der Waals surface area contributed by atoms with Crippen LogP contribution in [-0.4, -0.2) is 72.1 Å². The van der Waals surface area contributed by atoms with E-state index in [1.165, 1.54) is 25.7 Å². The molecule has 1 fully saturated rings. The van der Waals surface area contributed by atoms with Gasteiger partial charge < -0.3 is 23.8 Å².